The van der Waals surface area contributed by atoms with Crippen LogP contribution in [0.1, 0.15) is 105 Å². The highest BCUT2D eigenvalue weighted by molar-refractivity contribution is 6.23. The summed E-state index contributed by atoms with van der Waals surface area (Å²) in [6.07, 6.45) is 0. The summed E-state index contributed by atoms with van der Waals surface area (Å²) in [5.74, 6) is 0. The van der Waals surface area contributed by atoms with E-state index in [-0.39, 0.29) is 21.7 Å². The Morgan fingerprint density at radius 2 is 0.533 bits per heavy atom. The Morgan fingerprint density at radius 3 is 0.891 bits per heavy atom. The third-order valence-electron chi connectivity index (χ3n) is 19.2. The van der Waals surface area contributed by atoms with Crippen LogP contribution in [0.5, 0.6) is 0 Å². The molecule has 0 N–H and O–H groups in total. The average Bonchev–Trinajstić information content (AvgIpc) is 1.58. The Balaban J connectivity index is 0.790. The summed E-state index contributed by atoms with van der Waals surface area (Å²) < 4.78 is 19.1. The molecule has 0 atom stereocenters. The summed E-state index contributed by atoms with van der Waals surface area (Å²) in [5.41, 5.74) is 21.9. The third-order valence-corrected chi connectivity index (χ3v) is 19.2. The molecule has 0 bridgehead atoms. The molecule has 0 saturated heterocycles. The van der Waals surface area contributed by atoms with E-state index in [4.69, 9.17) is 8.83 Å². The fourth-order valence-corrected chi connectivity index (χ4v) is 14.1. The van der Waals surface area contributed by atoms with Gasteiger partial charge in [-0.25, -0.2) is 0 Å². The molecular formula is C86H76N4O2. The molecule has 0 saturated carbocycles. The first kappa shape index (κ1) is 56.9. The molecule has 4 aromatic heterocycles. The van der Waals surface area contributed by atoms with E-state index in [0.717, 1.165) is 88.8 Å². The molecule has 0 aliphatic carbocycles. The van der Waals surface area contributed by atoms with Crippen LogP contribution in [0.3, 0.4) is 0 Å². The van der Waals surface area contributed by atoms with E-state index in [1.165, 1.54) is 77.2 Å². The molecule has 0 amide bonds. The normalized spacial score (nSPS) is 12.8. The van der Waals surface area contributed by atoms with E-state index >= 15 is 0 Å². The number of hydrogen-bond donors (Lipinski definition) is 0. The number of furan rings is 2. The molecule has 452 valence electrons. The molecule has 16 rings (SSSR count). The van der Waals surface area contributed by atoms with Gasteiger partial charge in [-0.2, -0.15) is 0 Å². The van der Waals surface area contributed by atoms with Crippen molar-refractivity contribution < 1.29 is 8.83 Å². The molecule has 0 unspecified atom stereocenters. The zero-order chi connectivity index (χ0) is 63.3. The summed E-state index contributed by atoms with van der Waals surface area (Å²) in [7, 11) is 0. The Morgan fingerprint density at radius 1 is 0.239 bits per heavy atom. The van der Waals surface area contributed by atoms with Gasteiger partial charge in [0.25, 0.3) is 0 Å². The molecule has 4 heterocycles. The van der Waals surface area contributed by atoms with Crippen LogP contribution in [0, 0.1) is 0 Å². The molecule has 0 spiro atoms. The lowest BCUT2D eigenvalue weighted by atomic mass is 9.80. The fourth-order valence-electron chi connectivity index (χ4n) is 14.1. The maximum atomic E-state index is 7.09. The van der Waals surface area contributed by atoms with Gasteiger partial charge in [-0.15, -0.1) is 0 Å². The number of rotatable bonds is 8. The maximum absolute atomic E-state index is 7.09. The standard InChI is InChI=1S/C86H76N4O2/c1-83(2,3)53-43-54(84(4,5)6)46-63(45-53)89-75-29-21-19-27-65(75)73-49-59(33-41-77(73)89)87(57-23-15-13-16-24-57)61-31-35-67-69-37-39-72-71(81(69)91-79(67)51-61)40-38-70-68-36-32-62(52-80(68)92-82(70)72)88(58-25-17-14-18-26-58)60-34-42-78-74(50-60)66-28-20-22-30-76(66)90(78)64-47-55(85(7,8)9)44-56(48-64)86(10,11)12/h13-52H,1-12H3. The summed E-state index contributed by atoms with van der Waals surface area (Å²) in [6, 6.07) is 89.5. The molecule has 0 fully saturated rings. The highest BCUT2D eigenvalue weighted by Gasteiger charge is 2.27. The zero-order valence-electron chi connectivity index (χ0n) is 54.7. The molecule has 92 heavy (non-hydrogen) atoms. The SMILES string of the molecule is CC(C)(C)c1cc(-n2c3ccccc3c3cc(N(c4ccccc4)c4ccc5c(c4)oc4c5ccc5c4ccc4c6ccc(N(c7ccccc7)c7ccc8c(c7)c7ccccc7n8-c7cc(C(C)(C)C)cc(C(C)(C)C)c7)cc6oc45)ccc32)cc(C(C)(C)C)c1. The predicted molar refractivity (Wildman–Crippen MR) is 391 cm³/mol. The number of aromatic nitrogens is 2. The molecular weight excluding hydrogens is 1120 g/mol. The molecule has 6 nitrogen and oxygen atoms in total. The van der Waals surface area contributed by atoms with E-state index in [0.29, 0.717) is 0 Å². The maximum Gasteiger partial charge on any atom is 0.143 e. The van der Waals surface area contributed by atoms with Crippen molar-refractivity contribution in [2.24, 2.45) is 0 Å². The average molecular weight is 1200 g/mol. The molecule has 0 aliphatic heterocycles. The van der Waals surface area contributed by atoms with E-state index in [1.54, 1.807) is 0 Å². The van der Waals surface area contributed by atoms with Crippen LogP contribution in [0.2, 0.25) is 0 Å². The van der Waals surface area contributed by atoms with Gasteiger partial charge in [0.1, 0.15) is 22.3 Å². The zero-order valence-corrected chi connectivity index (χ0v) is 54.7. The second kappa shape index (κ2) is 20.6. The van der Waals surface area contributed by atoms with Crippen LogP contribution >= 0.6 is 0 Å². The Kier molecular flexibility index (Phi) is 12.7. The van der Waals surface area contributed by atoms with Gasteiger partial charge in [-0.1, -0.05) is 168 Å². The van der Waals surface area contributed by atoms with Gasteiger partial charge in [-0.05, 0) is 190 Å². The van der Waals surface area contributed by atoms with E-state index in [2.05, 4.69) is 345 Å². The lowest BCUT2D eigenvalue weighted by Crippen LogP contribution is -2.17. The number of para-hydroxylation sites is 4. The second-order valence-corrected chi connectivity index (χ2v) is 29.5. The lowest BCUT2D eigenvalue weighted by Gasteiger charge is -2.27. The van der Waals surface area contributed by atoms with Crippen molar-refractivity contribution in [3.63, 3.8) is 0 Å². The second-order valence-electron chi connectivity index (χ2n) is 29.5. The fraction of sp³-hybridized carbons (Fsp3) is 0.186. The molecule has 0 radical (unpaired) electrons. The van der Waals surface area contributed by atoms with Crippen LogP contribution in [0.25, 0.3) is 110 Å². The Bertz CT molecular complexity index is 5210. The first-order valence-corrected chi connectivity index (χ1v) is 32.5. The minimum atomic E-state index is -0.0189. The number of nitrogens with zero attached hydrogens (tertiary/aromatic N) is 4. The van der Waals surface area contributed by atoms with E-state index in [1.807, 2.05) is 0 Å². The van der Waals surface area contributed by atoms with Crippen LogP contribution in [-0.2, 0) is 21.7 Å². The number of hydrogen-bond acceptors (Lipinski definition) is 4. The Hall–Kier alpha value is -10.3. The van der Waals surface area contributed by atoms with Crippen molar-refractivity contribution in [3.8, 4) is 11.4 Å². The first-order chi connectivity index (χ1) is 44.1. The van der Waals surface area contributed by atoms with Gasteiger partial charge in [0, 0.05) is 111 Å². The van der Waals surface area contributed by atoms with Crippen LogP contribution in [0.15, 0.2) is 251 Å². The van der Waals surface area contributed by atoms with Gasteiger partial charge in [-0.3, -0.25) is 0 Å². The topological polar surface area (TPSA) is 42.6 Å². The minimum absolute atomic E-state index is 0.0189. The Labute approximate surface area is 538 Å². The van der Waals surface area contributed by atoms with Crippen LogP contribution < -0.4 is 9.80 Å². The third kappa shape index (κ3) is 9.36. The van der Waals surface area contributed by atoms with Crippen LogP contribution in [0.4, 0.5) is 34.1 Å². The van der Waals surface area contributed by atoms with Gasteiger partial charge in [0.2, 0.25) is 0 Å². The highest BCUT2D eigenvalue weighted by Crippen LogP contribution is 2.47. The van der Waals surface area contributed by atoms with Gasteiger partial charge in [0.05, 0.1) is 22.1 Å². The summed E-state index contributed by atoms with van der Waals surface area (Å²) in [5, 5.41) is 11.1. The van der Waals surface area contributed by atoms with E-state index < -0.39 is 0 Å². The number of benzene rings is 12. The number of anilines is 6. The van der Waals surface area contributed by atoms with Crippen molar-refractivity contribution >= 4 is 132 Å². The first-order valence-electron chi connectivity index (χ1n) is 32.5. The van der Waals surface area contributed by atoms with Crippen molar-refractivity contribution in [2.75, 3.05) is 9.80 Å². The highest BCUT2D eigenvalue weighted by atomic mass is 16.3. The van der Waals surface area contributed by atoms with Crippen LogP contribution in [-0.4, -0.2) is 9.13 Å². The van der Waals surface area contributed by atoms with Gasteiger partial charge in [0.15, 0.2) is 0 Å². The summed E-state index contributed by atoms with van der Waals surface area (Å²) in [4.78, 5) is 4.71. The quantitative estimate of drug-likeness (QED) is 0.152. The summed E-state index contributed by atoms with van der Waals surface area (Å²) in [6.45, 7) is 27.7. The molecule has 0 aliphatic rings. The van der Waals surface area contributed by atoms with Crippen molar-refractivity contribution in [1.29, 1.82) is 0 Å². The van der Waals surface area contributed by atoms with Gasteiger partial charge < -0.3 is 27.8 Å². The number of fused-ring (bicyclic) bond motifs is 15. The smallest absolute Gasteiger partial charge is 0.143 e. The van der Waals surface area contributed by atoms with E-state index in [9.17, 15) is 0 Å². The molecule has 6 heteroatoms. The molecule has 12 aromatic carbocycles. The minimum Gasteiger partial charge on any atom is -0.455 e. The molecule has 16 aromatic rings. The van der Waals surface area contributed by atoms with Crippen molar-refractivity contribution in [3.05, 3.63) is 265 Å². The predicted octanol–water partition coefficient (Wildman–Crippen LogP) is 25.0. The van der Waals surface area contributed by atoms with Crippen molar-refractivity contribution in [2.45, 2.75) is 105 Å². The monoisotopic (exact) mass is 1200 g/mol. The largest absolute Gasteiger partial charge is 0.455 e. The lowest BCUT2D eigenvalue weighted by molar-refractivity contribution is 0.567. The van der Waals surface area contributed by atoms with Crippen molar-refractivity contribution in [1.82, 2.24) is 9.13 Å². The van der Waals surface area contributed by atoms with Gasteiger partial charge >= 0.3 is 0 Å². The summed E-state index contributed by atoms with van der Waals surface area (Å²) >= 11 is 0.